The van der Waals surface area contributed by atoms with Gasteiger partial charge in [0.05, 0.1) is 8.95 Å². The fraction of sp³-hybridized carbons (Fsp3) is 0.143. The first-order chi connectivity index (χ1) is 6.31. The molecule has 0 unspecified atom stereocenters. The minimum atomic E-state index is -4.70. The van der Waals surface area contributed by atoms with E-state index in [2.05, 4.69) is 52.5 Å². The van der Waals surface area contributed by atoms with Crippen LogP contribution in [0.5, 0.6) is 5.75 Å². The summed E-state index contributed by atoms with van der Waals surface area (Å²) in [5.74, 6) is -0.299. The summed E-state index contributed by atoms with van der Waals surface area (Å²) < 4.78 is 40.6. The first-order valence-electron chi connectivity index (χ1n) is 3.20. The van der Waals surface area contributed by atoms with Crippen LogP contribution < -0.4 is 4.74 Å². The second-order valence-electron chi connectivity index (χ2n) is 2.22. The summed E-state index contributed by atoms with van der Waals surface area (Å²) in [6, 6.07) is 3.05. The SMILES string of the molecule is FC(F)(F)Oc1c(Br)ccc(Br)c1Br. The lowest BCUT2D eigenvalue weighted by atomic mass is 10.3. The zero-order valence-corrected chi connectivity index (χ0v) is 11.1. The molecule has 1 aromatic rings. The molecule has 0 fully saturated rings. The summed E-state index contributed by atoms with van der Waals surface area (Å²) >= 11 is 9.01. The van der Waals surface area contributed by atoms with Crippen molar-refractivity contribution in [2.75, 3.05) is 0 Å². The van der Waals surface area contributed by atoms with Gasteiger partial charge in [0.1, 0.15) is 0 Å². The standard InChI is InChI=1S/C7H2Br3F3O/c8-3-1-2-4(9)6(5(3)10)14-7(11,12)13/h1-2H. The topological polar surface area (TPSA) is 9.23 Å². The molecular weight excluding hydrogens is 397 g/mol. The van der Waals surface area contributed by atoms with Gasteiger partial charge >= 0.3 is 6.36 Å². The van der Waals surface area contributed by atoms with Crippen molar-refractivity contribution in [3.8, 4) is 5.75 Å². The Kier molecular flexibility index (Phi) is 3.87. The van der Waals surface area contributed by atoms with Crippen LogP contribution in [-0.2, 0) is 0 Å². The van der Waals surface area contributed by atoms with Crippen LogP contribution in [0.25, 0.3) is 0 Å². The van der Waals surface area contributed by atoms with Crippen LogP contribution in [0.4, 0.5) is 13.2 Å². The predicted molar refractivity (Wildman–Crippen MR) is 56.2 cm³/mol. The molecule has 0 bridgehead atoms. The van der Waals surface area contributed by atoms with Crippen LogP contribution in [0.3, 0.4) is 0 Å². The third-order valence-electron chi connectivity index (χ3n) is 1.22. The Morgan fingerprint density at radius 1 is 1.00 bits per heavy atom. The molecule has 0 aliphatic carbocycles. The molecule has 14 heavy (non-hydrogen) atoms. The van der Waals surface area contributed by atoms with Crippen LogP contribution in [0, 0.1) is 0 Å². The summed E-state index contributed by atoms with van der Waals surface area (Å²) in [4.78, 5) is 0. The largest absolute Gasteiger partial charge is 0.573 e. The van der Waals surface area contributed by atoms with Gasteiger partial charge in [-0.3, -0.25) is 0 Å². The van der Waals surface area contributed by atoms with E-state index < -0.39 is 6.36 Å². The van der Waals surface area contributed by atoms with E-state index >= 15 is 0 Å². The smallest absolute Gasteiger partial charge is 0.403 e. The van der Waals surface area contributed by atoms with E-state index in [-0.39, 0.29) is 14.7 Å². The summed E-state index contributed by atoms with van der Waals surface area (Å²) in [6.07, 6.45) is -4.70. The highest BCUT2D eigenvalue weighted by Gasteiger charge is 2.33. The van der Waals surface area contributed by atoms with Crippen molar-refractivity contribution in [3.05, 3.63) is 25.6 Å². The van der Waals surface area contributed by atoms with Gasteiger partial charge in [-0.2, -0.15) is 0 Å². The van der Waals surface area contributed by atoms with Crippen LogP contribution in [0.15, 0.2) is 25.6 Å². The maximum Gasteiger partial charge on any atom is 0.573 e. The van der Waals surface area contributed by atoms with E-state index in [9.17, 15) is 13.2 Å². The normalized spacial score (nSPS) is 11.6. The third kappa shape index (κ3) is 3.13. The van der Waals surface area contributed by atoms with Gasteiger partial charge in [0.25, 0.3) is 0 Å². The van der Waals surface area contributed by atoms with E-state index in [0.29, 0.717) is 4.47 Å². The van der Waals surface area contributed by atoms with Crippen molar-refractivity contribution >= 4 is 47.8 Å². The Labute approximate surface area is 103 Å². The molecule has 1 rings (SSSR count). The Bertz CT molecular complexity index is 351. The summed E-state index contributed by atoms with van der Waals surface area (Å²) in [7, 11) is 0. The minimum absolute atomic E-state index is 0.212. The molecule has 1 aromatic carbocycles. The molecule has 0 spiro atoms. The Hall–Kier alpha value is 0.250. The van der Waals surface area contributed by atoms with E-state index in [1.165, 1.54) is 6.07 Å². The zero-order chi connectivity index (χ0) is 10.9. The van der Waals surface area contributed by atoms with E-state index in [1.807, 2.05) is 0 Å². The quantitative estimate of drug-likeness (QED) is 0.613. The van der Waals surface area contributed by atoms with Gasteiger partial charge in [0, 0.05) is 4.47 Å². The van der Waals surface area contributed by atoms with Crippen molar-refractivity contribution in [2.45, 2.75) is 6.36 Å². The monoisotopic (exact) mass is 396 g/mol. The van der Waals surface area contributed by atoms with Crippen LogP contribution in [0.2, 0.25) is 0 Å². The number of ether oxygens (including phenoxy) is 1. The molecular formula is C7H2Br3F3O. The highest BCUT2D eigenvalue weighted by molar-refractivity contribution is 9.13. The number of rotatable bonds is 1. The number of alkyl halides is 3. The number of benzene rings is 1. The zero-order valence-electron chi connectivity index (χ0n) is 6.33. The van der Waals surface area contributed by atoms with Gasteiger partial charge in [0.2, 0.25) is 0 Å². The van der Waals surface area contributed by atoms with Gasteiger partial charge in [-0.05, 0) is 59.9 Å². The van der Waals surface area contributed by atoms with Crippen LogP contribution >= 0.6 is 47.8 Å². The third-order valence-corrected chi connectivity index (χ3v) is 3.82. The highest BCUT2D eigenvalue weighted by Crippen LogP contribution is 2.40. The lowest BCUT2D eigenvalue weighted by molar-refractivity contribution is -0.275. The lowest BCUT2D eigenvalue weighted by Gasteiger charge is -2.12. The Morgan fingerprint density at radius 2 is 1.50 bits per heavy atom. The van der Waals surface area contributed by atoms with Crippen molar-refractivity contribution < 1.29 is 17.9 Å². The van der Waals surface area contributed by atoms with E-state index in [0.717, 1.165) is 0 Å². The Balaban J connectivity index is 3.13. The van der Waals surface area contributed by atoms with Crippen LogP contribution in [0.1, 0.15) is 0 Å². The minimum Gasteiger partial charge on any atom is -0.403 e. The second kappa shape index (κ2) is 4.40. The molecule has 78 valence electrons. The first kappa shape index (κ1) is 12.3. The van der Waals surface area contributed by atoms with Gasteiger partial charge in [-0.15, -0.1) is 13.2 Å². The van der Waals surface area contributed by atoms with Crippen molar-refractivity contribution in [1.29, 1.82) is 0 Å². The summed E-state index contributed by atoms with van der Waals surface area (Å²) in [6.45, 7) is 0. The van der Waals surface area contributed by atoms with Gasteiger partial charge < -0.3 is 4.74 Å². The molecule has 0 atom stereocenters. The average Bonchev–Trinajstić information content (AvgIpc) is 2.04. The highest BCUT2D eigenvalue weighted by atomic mass is 79.9. The fourth-order valence-electron chi connectivity index (χ4n) is 0.718. The van der Waals surface area contributed by atoms with Crippen molar-refractivity contribution in [1.82, 2.24) is 0 Å². The van der Waals surface area contributed by atoms with Crippen LogP contribution in [-0.4, -0.2) is 6.36 Å². The van der Waals surface area contributed by atoms with Gasteiger partial charge in [0.15, 0.2) is 5.75 Å². The number of hydrogen-bond acceptors (Lipinski definition) is 1. The fourth-order valence-corrected chi connectivity index (χ4v) is 2.13. The predicted octanol–water partition coefficient (Wildman–Crippen LogP) is 4.87. The molecule has 0 radical (unpaired) electrons. The lowest BCUT2D eigenvalue weighted by Crippen LogP contribution is -2.17. The molecule has 0 heterocycles. The van der Waals surface area contributed by atoms with E-state index in [1.54, 1.807) is 6.07 Å². The molecule has 0 saturated heterocycles. The maximum absolute atomic E-state index is 12.0. The van der Waals surface area contributed by atoms with Crippen molar-refractivity contribution in [2.24, 2.45) is 0 Å². The van der Waals surface area contributed by atoms with Gasteiger partial charge in [-0.1, -0.05) is 0 Å². The summed E-state index contributed by atoms with van der Waals surface area (Å²) in [5, 5.41) is 0. The average molecular weight is 399 g/mol. The Morgan fingerprint density at radius 3 is 2.00 bits per heavy atom. The number of halogens is 6. The maximum atomic E-state index is 12.0. The second-order valence-corrected chi connectivity index (χ2v) is 4.72. The molecule has 1 nitrogen and oxygen atoms in total. The number of hydrogen-bond donors (Lipinski definition) is 0. The van der Waals surface area contributed by atoms with Crippen molar-refractivity contribution in [3.63, 3.8) is 0 Å². The first-order valence-corrected chi connectivity index (χ1v) is 5.58. The molecule has 0 aliphatic heterocycles. The molecule has 0 aromatic heterocycles. The summed E-state index contributed by atoms with van der Waals surface area (Å²) in [5.41, 5.74) is 0. The molecule has 0 saturated carbocycles. The molecule has 0 N–H and O–H groups in total. The van der Waals surface area contributed by atoms with E-state index in [4.69, 9.17) is 0 Å². The molecule has 0 aliphatic rings. The molecule has 7 heteroatoms. The van der Waals surface area contributed by atoms with Gasteiger partial charge in [-0.25, -0.2) is 0 Å². The molecule has 0 amide bonds.